The maximum Gasteiger partial charge on any atom is 0.347 e. The van der Waals surface area contributed by atoms with Crippen LogP contribution in [0.3, 0.4) is 0 Å². The highest BCUT2D eigenvalue weighted by molar-refractivity contribution is 5.83. The maximum atomic E-state index is 12.4. The summed E-state index contributed by atoms with van der Waals surface area (Å²) in [7, 11) is 0. The summed E-state index contributed by atoms with van der Waals surface area (Å²) >= 11 is 0. The summed E-state index contributed by atoms with van der Waals surface area (Å²) in [5.74, 6) is 0.0813. The van der Waals surface area contributed by atoms with Gasteiger partial charge in [-0.25, -0.2) is 4.79 Å². The third-order valence-electron chi connectivity index (χ3n) is 17.2. The predicted octanol–water partition coefficient (Wildman–Crippen LogP) is 9.70. The van der Waals surface area contributed by atoms with Gasteiger partial charge in [0.25, 0.3) is 0 Å². The Bertz CT molecular complexity index is 1810. The Morgan fingerprint density at radius 1 is 0.662 bits per heavy atom. The molecule has 0 radical (unpaired) electrons. The fraction of sp³-hybridized carbons (Fsp3) is 0.889. The summed E-state index contributed by atoms with van der Waals surface area (Å²) in [5, 5.41) is 10.6. The van der Waals surface area contributed by atoms with E-state index < -0.39 is 46.1 Å². The minimum absolute atomic E-state index is 0.0180. The first-order chi connectivity index (χ1) is 31.5. The van der Waals surface area contributed by atoms with E-state index in [9.17, 15) is 33.9 Å². The molecule has 0 aromatic rings. The number of esters is 6. The lowest BCUT2D eigenvalue weighted by molar-refractivity contribution is -0.225. The van der Waals surface area contributed by atoms with Crippen molar-refractivity contribution >= 4 is 35.8 Å². The molecule has 4 aliphatic heterocycles. The largest absolute Gasteiger partial charge is 0.463 e. The van der Waals surface area contributed by atoms with E-state index in [4.69, 9.17) is 33.2 Å². The lowest BCUT2D eigenvalue weighted by Gasteiger charge is -2.59. The molecule has 4 saturated heterocycles. The Kier molecular flexibility index (Phi) is 17.4. The van der Waals surface area contributed by atoms with Crippen molar-refractivity contribution in [1.29, 1.82) is 0 Å². The van der Waals surface area contributed by atoms with Crippen LogP contribution in [-0.2, 0) is 61.9 Å². The van der Waals surface area contributed by atoms with Crippen molar-refractivity contribution in [3.63, 3.8) is 0 Å². The molecule has 9 aliphatic rings. The molecule has 4 heterocycles. The van der Waals surface area contributed by atoms with Gasteiger partial charge in [-0.2, -0.15) is 0 Å². The first-order valence-corrected chi connectivity index (χ1v) is 26.1. The molecule has 14 heteroatoms. The Morgan fingerprint density at radius 3 is 1.63 bits per heavy atom. The van der Waals surface area contributed by atoms with Gasteiger partial charge >= 0.3 is 35.8 Å². The summed E-state index contributed by atoms with van der Waals surface area (Å²) in [4.78, 5) is 70.8. The van der Waals surface area contributed by atoms with Gasteiger partial charge in [0, 0.05) is 12.8 Å². The topological polar surface area (TPSA) is 187 Å². The van der Waals surface area contributed by atoms with E-state index in [1.807, 2.05) is 69.2 Å². The summed E-state index contributed by atoms with van der Waals surface area (Å²) < 4.78 is 38.2. The zero-order valence-electron chi connectivity index (χ0n) is 44.2. The predicted molar refractivity (Wildman–Crippen MR) is 253 cm³/mol. The van der Waals surface area contributed by atoms with Gasteiger partial charge in [-0.15, -0.1) is 0 Å². The van der Waals surface area contributed by atoms with E-state index >= 15 is 0 Å². The molecule has 388 valence electrons. The first kappa shape index (κ1) is 55.7. The monoisotopic (exact) mass is 961 g/mol. The summed E-state index contributed by atoms with van der Waals surface area (Å²) in [6.07, 6.45) is 13.6. The maximum absolute atomic E-state index is 12.4. The quantitative estimate of drug-likeness (QED) is 0.136. The summed E-state index contributed by atoms with van der Waals surface area (Å²) in [6.45, 7) is 27.8. The molecular weight excluding hydrogens is 873 g/mol. The van der Waals surface area contributed by atoms with Gasteiger partial charge in [0.15, 0.2) is 12.2 Å². The number of fused-ring (bicyclic) bond motifs is 1. The average molecular weight is 961 g/mol. The van der Waals surface area contributed by atoms with Gasteiger partial charge < -0.3 is 38.3 Å². The van der Waals surface area contributed by atoms with Gasteiger partial charge in [-0.3, -0.25) is 24.0 Å². The lowest BCUT2D eigenvalue weighted by atomic mass is 9.52. The second kappa shape index (κ2) is 21.2. The van der Waals surface area contributed by atoms with Crippen molar-refractivity contribution in [1.82, 2.24) is 0 Å². The molecule has 9 fully saturated rings. The van der Waals surface area contributed by atoms with Crippen LogP contribution >= 0.6 is 0 Å². The van der Waals surface area contributed by atoms with Gasteiger partial charge in [0.05, 0.1) is 45.9 Å². The van der Waals surface area contributed by atoms with E-state index in [1.54, 1.807) is 13.8 Å². The van der Waals surface area contributed by atoms with Gasteiger partial charge in [0.1, 0.15) is 17.3 Å². The minimum Gasteiger partial charge on any atom is -0.463 e. The standard InChI is InChI=1S/C16H26O3.C15H28O2.C13H18O5.C10H16O4/c1-4-14(2,3)13(17)19-16-8-11-5-12(9-16)7-15(18,6-11)10-16;1-6-14(4,5)13(16)17-15(12(2)3)10-8-7-9-11-15;1-4-13(2,3)12(15)18-9-7-5-6-8(16-7)10(9)17-11(6)14;1-4-10(2,3)9(12)14-7-5-6-13-8(7)11/h11-12,18H,4-10H2,1-3H3;12H,6-11H2,1-5H3;6-10H,4-5H2,1-3H3;7H,4-6H2,1-3H3. The molecule has 6 bridgehead atoms. The van der Waals surface area contributed by atoms with E-state index in [0.717, 1.165) is 51.4 Å². The van der Waals surface area contributed by atoms with Crippen LogP contribution in [0.5, 0.6) is 0 Å². The van der Waals surface area contributed by atoms with Crippen LogP contribution in [0.2, 0.25) is 0 Å². The van der Waals surface area contributed by atoms with Crippen molar-refractivity contribution in [2.75, 3.05) is 6.61 Å². The molecular formula is C54H88O14. The van der Waals surface area contributed by atoms with Crippen LogP contribution in [-0.4, -0.2) is 94.9 Å². The highest BCUT2D eigenvalue weighted by Crippen LogP contribution is 2.59. The molecule has 8 atom stereocenters. The smallest absolute Gasteiger partial charge is 0.347 e. The van der Waals surface area contributed by atoms with E-state index in [1.165, 1.54) is 25.7 Å². The van der Waals surface area contributed by atoms with Crippen LogP contribution in [0.25, 0.3) is 0 Å². The van der Waals surface area contributed by atoms with E-state index in [-0.39, 0.29) is 64.6 Å². The van der Waals surface area contributed by atoms with Crippen LogP contribution in [0.1, 0.15) is 206 Å². The van der Waals surface area contributed by atoms with Crippen molar-refractivity contribution < 1.29 is 67.0 Å². The van der Waals surface area contributed by atoms with Crippen LogP contribution < -0.4 is 0 Å². The van der Waals surface area contributed by atoms with Gasteiger partial charge in [-0.1, -0.05) is 48.0 Å². The first-order valence-electron chi connectivity index (χ1n) is 26.1. The van der Waals surface area contributed by atoms with Crippen molar-refractivity contribution in [2.24, 2.45) is 45.3 Å². The Balaban J connectivity index is 0.000000171. The molecule has 0 amide bonds. The highest BCUT2D eigenvalue weighted by Gasteiger charge is 2.65. The third kappa shape index (κ3) is 12.4. The highest BCUT2D eigenvalue weighted by atomic mass is 16.7. The fourth-order valence-electron chi connectivity index (χ4n) is 11.0. The molecule has 68 heavy (non-hydrogen) atoms. The normalized spacial score (nSPS) is 32.9. The zero-order valence-corrected chi connectivity index (χ0v) is 44.2. The average Bonchev–Trinajstić information content (AvgIpc) is 4.02. The molecule has 14 nitrogen and oxygen atoms in total. The van der Waals surface area contributed by atoms with Crippen molar-refractivity contribution in [2.45, 2.75) is 253 Å². The zero-order chi connectivity index (χ0) is 50.8. The Hall–Kier alpha value is -3.26. The number of aliphatic hydroxyl groups is 1. The molecule has 5 aliphatic carbocycles. The van der Waals surface area contributed by atoms with Crippen molar-refractivity contribution in [3.05, 3.63) is 0 Å². The summed E-state index contributed by atoms with van der Waals surface area (Å²) in [6, 6.07) is 0. The molecule has 8 unspecified atom stereocenters. The van der Waals surface area contributed by atoms with Gasteiger partial charge in [-0.05, 0) is 163 Å². The molecule has 5 saturated carbocycles. The second-order valence-corrected chi connectivity index (χ2v) is 24.5. The van der Waals surface area contributed by atoms with Crippen molar-refractivity contribution in [3.8, 4) is 0 Å². The number of hydrogen-bond acceptors (Lipinski definition) is 14. The molecule has 0 aromatic heterocycles. The number of carbonyl (C=O) groups is 6. The molecule has 1 N–H and O–H groups in total. The minimum atomic E-state index is -0.687. The number of rotatable bonds is 13. The molecule has 9 rings (SSSR count). The number of cyclic esters (lactones) is 1. The van der Waals surface area contributed by atoms with E-state index in [0.29, 0.717) is 56.5 Å². The number of hydrogen-bond donors (Lipinski definition) is 1. The van der Waals surface area contributed by atoms with Crippen LogP contribution in [0.4, 0.5) is 0 Å². The van der Waals surface area contributed by atoms with Crippen LogP contribution in [0.15, 0.2) is 0 Å². The van der Waals surface area contributed by atoms with E-state index in [2.05, 4.69) is 13.8 Å². The Labute approximate surface area is 407 Å². The fourth-order valence-corrected chi connectivity index (χ4v) is 11.0. The van der Waals surface area contributed by atoms with Crippen LogP contribution in [0, 0.1) is 45.3 Å². The summed E-state index contributed by atoms with van der Waals surface area (Å²) in [5.41, 5.74) is -2.90. The third-order valence-corrected chi connectivity index (χ3v) is 17.2. The Morgan fingerprint density at radius 2 is 1.16 bits per heavy atom. The SMILES string of the molecule is CCC(C)(C)C(=O)OC1(C(C)C)CCCCC1.CCC(C)(C)C(=O)OC12CC3CC(CC(O)(C3)C1)C2.CCC(C)(C)C(=O)OC1C2CC3C(=O)OC1C3O2.CCC(C)(C)C(=O)OC1CCOC1=O. The molecule has 0 spiro atoms. The number of ether oxygens (including phenoxy) is 7. The number of carbonyl (C=O) groups excluding carboxylic acids is 6. The lowest BCUT2D eigenvalue weighted by Crippen LogP contribution is -2.61. The molecule has 0 aromatic carbocycles. The second-order valence-electron chi connectivity index (χ2n) is 24.5. The van der Waals surface area contributed by atoms with Gasteiger partial charge in [0.2, 0.25) is 6.10 Å².